The highest BCUT2D eigenvalue weighted by Gasteiger charge is 2.02. The van der Waals surface area contributed by atoms with E-state index in [0.29, 0.717) is 31.2 Å². The number of carboxylic acid groups (broad SMARTS) is 2. The monoisotopic (exact) mass is 341 g/mol. The lowest BCUT2D eigenvalue weighted by atomic mass is 10.2. The molecule has 0 unspecified atom stereocenters. The van der Waals surface area contributed by atoms with Crippen molar-refractivity contribution in [2.24, 2.45) is 5.92 Å². The van der Waals surface area contributed by atoms with Gasteiger partial charge in [0.1, 0.15) is 0 Å². The van der Waals surface area contributed by atoms with E-state index in [0.717, 1.165) is 18.5 Å². The van der Waals surface area contributed by atoms with E-state index >= 15 is 0 Å². The quantitative estimate of drug-likeness (QED) is 0.414. The number of imidazole rings is 1. The first kappa shape index (κ1) is 21.2. The topological polar surface area (TPSA) is 142 Å². The second-order valence-electron chi connectivity index (χ2n) is 5.10. The molecule has 24 heavy (non-hydrogen) atoms. The number of aryl methyl sites for hydroxylation is 1. The van der Waals surface area contributed by atoms with Gasteiger partial charge in [0.15, 0.2) is 0 Å². The van der Waals surface area contributed by atoms with E-state index in [2.05, 4.69) is 15.3 Å². The van der Waals surface area contributed by atoms with Crippen molar-refractivity contribution in [1.82, 2.24) is 15.3 Å². The van der Waals surface area contributed by atoms with Gasteiger partial charge < -0.3 is 25.3 Å². The third-order valence-electron chi connectivity index (χ3n) is 2.40. The Morgan fingerprint density at radius 3 is 2.38 bits per heavy atom. The summed E-state index contributed by atoms with van der Waals surface area (Å²) in [6, 6.07) is 0. The van der Waals surface area contributed by atoms with E-state index in [1.54, 1.807) is 12.5 Å². The average Bonchev–Trinajstić information content (AvgIpc) is 3.01. The number of H-pyrrole nitrogens is 1. The second kappa shape index (κ2) is 12.7. The summed E-state index contributed by atoms with van der Waals surface area (Å²) in [5.41, 5.74) is 1.06. The standard InChI is InChI=1S/C11H19N3O2.C4H4O4/c1-9(2)6-13-11(15)16-5-3-4-10-7-12-8-14-10;5-3(6)1-2-4(7)8/h7-9H,3-6H2,1-2H3,(H,12,14)(H,13,15);1-2H,(H,5,6)(H,7,8)/b;2-1+. The summed E-state index contributed by atoms with van der Waals surface area (Å²) in [5.74, 6) is -2.07. The Hall–Kier alpha value is -2.84. The largest absolute Gasteiger partial charge is 0.478 e. The van der Waals surface area contributed by atoms with Gasteiger partial charge in [-0.05, 0) is 18.8 Å². The Bertz CT molecular complexity index is 509. The average molecular weight is 341 g/mol. The number of hydrogen-bond donors (Lipinski definition) is 4. The molecule has 0 saturated carbocycles. The van der Waals surface area contributed by atoms with Crippen LogP contribution >= 0.6 is 0 Å². The zero-order valence-electron chi connectivity index (χ0n) is 13.7. The van der Waals surface area contributed by atoms with Crippen molar-refractivity contribution < 1.29 is 29.3 Å². The second-order valence-corrected chi connectivity index (χ2v) is 5.10. The maximum atomic E-state index is 11.2. The van der Waals surface area contributed by atoms with Crippen LogP contribution in [0, 0.1) is 5.92 Å². The molecule has 1 aromatic rings. The zero-order valence-corrected chi connectivity index (χ0v) is 13.7. The molecular formula is C15H23N3O6. The van der Waals surface area contributed by atoms with Gasteiger partial charge in [-0.1, -0.05) is 13.8 Å². The minimum absolute atomic E-state index is 0.335. The number of aliphatic carboxylic acids is 2. The fourth-order valence-corrected chi connectivity index (χ4v) is 1.33. The first-order valence-electron chi connectivity index (χ1n) is 7.33. The number of aromatic nitrogens is 2. The minimum atomic E-state index is -1.26. The lowest BCUT2D eigenvalue weighted by molar-refractivity contribution is -0.134. The predicted molar refractivity (Wildman–Crippen MR) is 85.5 cm³/mol. The van der Waals surface area contributed by atoms with E-state index in [9.17, 15) is 14.4 Å². The van der Waals surface area contributed by atoms with Crippen LogP contribution in [0.1, 0.15) is 26.0 Å². The molecule has 0 bridgehead atoms. The third kappa shape index (κ3) is 14.1. The van der Waals surface area contributed by atoms with Gasteiger partial charge in [0.2, 0.25) is 0 Å². The maximum Gasteiger partial charge on any atom is 0.407 e. The van der Waals surface area contributed by atoms with Gasteiger partial charge in [0.05, 0.1) is 12.9 Å². The van der Waals surface area contributed by atoms with Gasteiger partial charge in [-0.3, -0.25) is 0 Å². The van der Waals surface area contributed by atoms with Gasteiger partial charge >= 0.3 is 18.0 Å². The van der Waals surface area contributed by atoms with E-state index < -0.39 is 11.9 Å². The Kier molecular flexibility index (Phi) is 11.2. The SMILES string of the molecule is CC(C)CNC(=O)OCCCc1cnc[nH]1.O=C(O)/C=C/C(=O)O. The number of aromatic amines is 1. The van der Waals surface area contributed by atoms with Gasteiger partial charge in [0.25, 0.3) is 0 Å². The molecule has 134 valence electrons. The molecule has 4 N–H and O–H groups in total. The molecule has 0 saturated heterocycles. The lowest BCUT2D eigenvalue weighted by Crippen LogP contribution is -2.28. The Morgan fingerprint density at radius 2 is 1.92 bits per heavy atom. The van der Waals surface area contributed by atoms with Crippen LogP contribution < -0.4 is 5.32 Å². The fourth-order valence-electron chi connectivity index (χ4n) is 1.33. The summed E-state index contributed by atoms with van der Waals surface area (Å²) < 4.78 is 5.01. The summed E-state index contributed by atoms with van der Waals surface area (Å²) in [6.07, 6.45) is 5.85. The Morgan fingerprint density at radius 1 is 1.29 bits per heavy atom. The first-order valence-corrected chi connectivity index (χ1v) is 7.33. The molecule has 1 aromatic heterocycles. The summed E-state index contributed by atoms with van der Waals surface area (Å²) in [5, 5.41) is 18.3. The van der Waals surface area contributed by atoms with Crippen LogP contribution in [0.2, 0.25) is 0 Å². The van der Waals surface area contributed by atoms with Crippen LogP contribution in [-0.2, 0) is 20.7 Å². The number of ether oxygens (including phenoxy) is 1. The van der Waals surface area contributed by atoms with Crippen molar-refractivity contribution >= 4 is 18.0 Å². The van der Waals surface area contributed by atoms with Gasteiger partial charge in [-0.15, -0.1) is 0 Å². The molecule has 0 aliphatic rings. The van der Waals surface area contributed by atoms with Gasteiger partial charge in [-0.25, -0.2) is 19.4 Å². The van der Waals surface area contributed by atoms with E-state index in [-0.39, 0.29) is 6.09 Å². The van der Waals surface area contributed by atoms with Crippen LogP contribution in [-0.4, -0.2) is 51.4 Å². The smallest absolute Gasteiger partial charge is 0.407 e. The van der Waals surface area contributed by atoms with Crippen molar-refractivity contribution in [2.75, 3.05) is 13.2 Å². The molecular weight excluding hydrogens is 318 g/mol. The zero-order chi connectivity index (χ0) is 18.4. The molecule has 0 spiro atoms. The van der Waals surface area contributed by atoms with E-state index in [4.69, 9.17) is 14.9 Å². The van der Waals surface area contributed by atoms with E-state index in [1.807, 2.05) is 13.8 Å². The predicted octanol–water partition coefficient (Wildman–Crippen LogP) is 1.44. The van der Waals surface area contributed by atoms with Crippen LogP contribution in [0.4, 0.5) is 4.79 Å². The van der Waals surface area contributed by atoms with Crippen LogP contribution in [0.5, 0.6) is 0 Å². The normalized spacial score (nSPS) is 10.1. The fraction of sp³-hybridized carbons (Fsp3) is 0.467. The van der Waals surface area contributed by atoms with Crippen LogP contribution in [0.3, 0.4) is 0 Å². The van der Waals surface area contributed by atoms with Crippen molar-refractivity contribution in [1.29, 1.82) is 0 Å². The highest BCUT2D eigenvalue weighted by molar-refractivity contribution is 5.89. The molecule has 0 atom stereocenters. The molecule has 0 fully saturated rings. The molecule has 0 aromatic carbocycles. The number of rotatable bonds is 8. The molecule has 0 aliphatic heterocycles. The first-order chi connectivity index (χ1) is 11.3. The lowest BCUT2D eigenvalue weighted by Gasteiger charge is -2.08. The molecule has 9 nitrogen and oxygen atoms in total. The van der Waals surface area contributed by atoms with Crippen molar-refractivity contribution in [3.8, 4) is 0 Å². The highest BCUT2D eigenvalue weighted by atomic mass is 16.5. The number of nitrogens with zero attached hydrogens (tertiary/aromatic N) is 1. The molecule has 9 heteroatoms. The number of carbonyl (C=O) groups is 3. The maximum absolute atomic E-state index is 11.2. The van der Waals surface area contributed by atoms with Gasteiger partial charge in [-0.2, -0.15) is 0 Å². The van der Waals surface area contributed by atoms with Crippen molar-refractivity contribution in [3.05, 3.63) is 30.4 Å². The number of carbonyl (C=O) groups excluding carboxylic acids is 1. The number of alkyl carbamates (subject to hydrolysis) is 1. The Balaban J connectivity index is 0.000000561. The molecule has 0 radical (unpaired) electrons. The number of carboxylic acids is 2. The number of nitrogens with one attached hydrogen (secondary N) is 2. The molecule has 1 rings (SSSR count). The number of amides is 1. The Labute approximate surface area is 139 Å². The van der Waals surface area contributed by atoms with Crippen molar-refractivity contribution in [3.63, 3.8) is 0 Å². The molecule has 1 heterocycles. The summed E-state index contributed by atoms with van der Waals surface area (Å²) in [4.78, 5) is 37.2. The van der Waals surface area contributed by atoms with Crippen LogP contribution in [0.25, 0.3) is 0 Å². The summed E-state index contributed by atoms with van der Waals surface area (Å²) in [6.45, 7) is 5.17. The molecule has 1 amide bonds. The summed E-state index contributed by atoms with van der Waals surface area (Å²) in [7, 11) is 0. The van der Waals surface area contributed by atoms with Crippen molar-refractivity contribution in [2.45, 2.75) is 26.7 Å². The summed E-state index contributed by atoms with van der Waals surface area (Å²) >= 11 is 0. The molecule has 0 aliphatic carbocycles. The van der Waals surface area contributed by atoms with Gasteiger partial charge in [0, 0.05) is 30.6 Å². The van der Waals surface area contributed by atoms with E-state index in [1.165, 1.54) is 0 Å². The number of hydrogen-bond acceptors (Lipinski definition) is 5. The highest BCUT2D eigenvalue weighted by Crippen LogP contribution is 1.97. The minimum Gasteiger partial charge on any atom is -0.478 e. The van der Waals surface area contributed by atoms with Crippen LogP contribution in [0.15, 0.2) is 24.7 Å². The third-order valence-corrected chi connectivity index (χ3v) is 2.40.